The van der Waals surface area contributed by atoms with Crippen molar-refractivity contribution in [2.45, 2.75) is 84.5 Å². The summed E-state index contributed by atoms with van der Waals surface area (Å²) in [5, 5.41) is 20.6. The molecule has 1 amide bonds. The van der Waals surface area contributed by atoms with Gasteiger partial charge in [0.15, 0.2) is 0 Å². The number of alkyl carbamates (subject to hydrolysis) is 1. The number of rotatable bonds is 10. The number of anilines is 1. The van der Waals surface area contributed by atoms with Gasteiger partial charge in [-0.15, -0.1) is 0 Å². The average molecular weight is 471 g/mol. The maximum absolute atomic E-state index is 11.7. The Morgan fingerprint density at radius 1 is 1.06 bits per heavy atom. The van der Waals surface area contributed by atoms with E-state index in [1.165, 1.54) is 5.32 Å². The summed E-state index contributed by atoms with van der Waals surface area (Å²) in [4.78, 5) is 22.7. The van der Waals surface area contributed by atoms with Crippen LogP contribution in [0.2, 0.25) is 10.1 Å². The number of nitrogens with zero attached hydrogens (tertiary/aromatic N) is 2. The Hall–Kier alpha value is -2.07. The van der Waals surface area contributed by atoms with Crippen molar-refractivity contribution in [2.24, 2.45) is 0 Å². The van der Waals surface area contributed by atoms with Crippen LogP contribution in [0.25, 0.3) is 0 Å². The molecule has 0 fully saturated rings. The van der Waals surface area contributed by atoms with Gasteiger partial charge >= 0.3 is 12.1 Å². The number of carbonyl (C=O) groups is 2. The van der Waals surface area contributed by atoms with Crippen molar-refractivity contribution >= 4 is 32.0 Å². The zero-order valence-corrected chi connectivity index (χ0v) is 22.3. The highest BCUT2D eigenvalue weighted by Crippen LogP contribution is 2.41. The third kappa shape index (κ3) is 10.0. The summed E-state index contributed by atoms with van der Waals surface area (Å²) in [6, 6.07) is 2.00. The van der Waals surface area contributed by atoms with Gasteiger partial charge in [-0.05, 0) is 36.9 Å². The second-order valence-corrected chi connectivity index (χ2v) is 16.1. The minimum atomic E-state index is -1.55. The van der Waals surface area contributed by atoms with Crippen molar-refractivity contribution in [3.63, 3.8) is 0 Å². The second-order valence-electron chi connectivity index (χ2n) is 11.1. The van der Waals surface area contributed by atoms with Crippen LogP contribution < -0.4 is 16.0 Å². The van der Waals surface area contributed by atoms with Gasteiger partial charge in [0.1, 0.15) is 26.8 Å². The van der Waals surface area contributed by atoms with E-state index in [4.69, 9.17) is 14.6 Å². The first-order valence-corrected chi connectivity index (χ1v) is 12.8. The van der Waals surface area contributed by atoms with Crippen LogP contribution in [0, 0.1) is 0 Å². The molecule has 0 aliphatic carbocycles. The van der Waals surface area contributed by atoms with E-state index in [-0.39, 0.29) is 16.6 Å². The molecule has 0 unspecified atom stereocenters. The molecule has 0 aromatic carbocycles. The van der Waals surface area contributed by atoms with Crippen molar-refractivity contribution in [3.05, 3.63) is 6.07 Å². The topological polar surface area (TPSA) is 115 Å². The SMILES string of the molecule is CC(C)(C)OC(=O)NCCOCCn1nc(NCC(=O)O)cc1[SiH](C(C)(C)C)C(C)(C)C. The van der Waals surface area contributed by atoms with Gasteiger partial charge in [-0.1, -0.05) is 41.5 Å². The molecule has 0 aliphatic rings. The van der Waals surface area contributed by atoms with Crippen LogP contribution in [0.15, 0.2) is 6.07 Å². The molecule has 1 aromatic heterocycles. The van der Waals surface area contributed by atoms with E-state index in [2.05, 4.69) is 57.3 Å². The first-order valence-electron chi connectivity index (χ1n) is 11.1. The summed E-state index contributed by atoms with van der Waals surface area (Å²) in [6.45, 7) is 20.5. The standard InChI is InChI=1S/C22H42N4O5Si/c1-20(2,3)31-19(29)23-10-12-30-13-11-26-17(14-16(25-26)24-15-18(27)28)32(21(4,5)6)22(7,8)9/h14,32H,10-13,15H2,1-9H3,(H,23,29)(H,24,25)(H,27,28). The summed E-state index contributed by atoms with van der Waals surface area (Å²) in [5.74, 6) is -0.359. The van der Waals surface area contributed by atoms with E-state index in [9.17, 15) is 9.59 Å². The molecule has 3 N–H and O–H groups in total. The van der Waals surface area contributed by atoms with E-state index in [0.717, 1.165) is 0 Å². The lowest BCUT2D eigenvalue weighted by Crippen LogP contribution is -2.49. The average Bonchev–Trinajstić information content (AvgIpc) is 2.94. The van der Waals surface area contributed by atoms with Crippen LogP contribution in [0.5, 0.6) is 0 Å². The Morgan fingerprint density at radius 3 is 2.16 bits per heavy atom. The van der Waals surface area contributed by atoms with Gasteiger partial charge in [0.25, 0.3) is 0 Å². The quantitative estimate of drug-likeness (QED) is 0.356. The Bertz CT molecular complexity index is 746. The summed E-state index contributed by atoms with van der Waals surface area (Å²) in [5.41, 5.74) is -0.533. The third-order valence-electron chi connectivity index (χ3n) is 4.62. The molecule has 0 spiro atoms. The first-order chi connectivity index (χ1) is 14.5. The molecular weight excluding hydrogens is 428 g/mol. The number of nitrogens with one attached hydrogen (secondary N) is 2. The van der Waals surface area contributed by atoms with E-state index in [0.29, 0.717) is 32.1 Å². The number of carbonyl (C=O) groups excluding carboxylic acids is 1. The molecule has 0 radical (unpaired) electrons. The number of aromatic nitrogens is 2. The third-order valence-corrected chi connectivity index (χ3v) is 9.14. The van der Waals surface area contributed by atoms with Crippen molar-refractivity contribution in [1.82, 2.24) is 15.1 Å². The largest absolute Gasteiger partial charge is 0.480 e. The number of ether oxygens (including phenoxy) is 2. The zero-order valence-electron chi connectivity index (χ0n) is 21.2. The van der Waals surface area contributed by atoms with Crippen molar-refractivity contribution in [3.8, 4) is 0 Å². The Balaban J connectivity index is 2.81. The number of amides is 1. The Kier molecular flexibility index (Phi) is 9.77. The summed E-state index contributed by atoms with van der Waals surface area (Å²) in [6.07, 6.45) is -0.464. The number of hydrogen-bond donors (Lipinski definition) is 3. The van der Waals surface area contributed by atoms with Crippen molar-refractivity contribution < 1.29 is 24.2 Å². The van der Waals surface area contributed by atoms with Crippen LogP contribution in [-0.4, -0.2) is 67.7 Å². The minimum absolute atomic E-state index is 0.109. The van der Waals surface area contributed by atoms with E-state index in [1.807, 2.05) is 31.5 Å². The van der Waals surface area contributed by atoms with Crippen LogP contribution in [0.4, 0.5) is 10.6 Å². The van der Waals surface area contributed by atoms with Crippen molar-refractivity contribution in [2.75, 3.05) is 31.6 Å². The summed E-state index contributed by atoms with van der Waals surface area (Å²) < 4.78 is 12.9. The van der Waals surface area contributed by atoms with Gasteiger partial charge in [0.2, 0.25) is 0 Å². The predicted octanol–water partition coefficient (Wildman–Crippen LogP) is 2.96. The molecule has 9 nitrogen and oxygen atoms in total. The highest BCUT2D eigenvalue weighted by Gasteiger charge is 2.40. The molecule has 10 heteroatoms. The van der Waals surface area contributed by atoms with Gasteiger partial charge in [-0.2, -0.15) is 5.10 Å². The summed E-state index contributed by atoms with van der Waals surface area (Å²) >= 11 is 0. The van der Waals surface area contributed by atoms with E-state index < -0.39 is 26.5 Å². The molecule has 1 heterocycles. The monoisotopic (exact) mass is 470 g/mol. The normalized spacial score (nSPS) is 12.7. The lowest BCUT2D eigenvalue weighted by Gasteiger charge is -2.39. The predicted molar refractivity (Wildman–Crippen MR) is 130 cm³/mol. The molecule has 0 bridgehead atoms. The maximum atomic E-state index is 11.7. The Labute approximate surface area is 193 Å². The van der Waals surface area contributed by atoms with E-state index in [1.54, 1.807) is 0 Å². The minimum Gasteiger partial charge on any atom is -0.480 e. The Morgan fingerprint density at radius 2 is 1.66 bits per heavy atom. The first kappa shape index (κ1) is 28.0. The number of hydrogen-bond acceptors (Lipinski definition) is 6. The highest BCUT2D eigenvalue weighted by molar-refractivity contribution is 6.77. The van der Waals surface area contributed by atoms with Gasteiger partial charge in [0.05, 0.1) is 19.8 Å². The van der Waals surface area contributed by atoms with Crippen LogP contribution in [-0.2, 0) is 20.8 Å². The fraction of sp³-hybridized carbons (Fsp3) is 0.773. The van der Waals surface area contributed by atoms with Crippen LogP contribution in [0.1, 0.15) is 62.3 Å². The molecule has 0 aliphatic heterocycles. The molecule has 184 valence electrons. The lowest BCUT2D eigenvalue weighted by molar-refractivity contribution is -0.134. The highest BCUT2D eigenvalue weighted by atomic mass is 28.3. The number of carboxylic acid groups (broad SMARTS) is 1. The number of carboxylic acids is 1. The summed E-state index contributed by atoms with van der Waals surface area (Å²) in [7, 11) is -1.55. The van der Waals surface area contributed by atoms with Crippen LogP contribution >= 0.6 is 0 Å². The second kappa shape index (κ2) is 11.2. The zero-order chi connectivity index (χ0) is 24.7. The molecule has 0 saturated carbocycles. The molecule has 32 heavy (non-hydrogen) atoms. The molecule has 0 saturated heterocycles. The van der Waals surface area contributed by atoms with Crippen LogP contribution in [0.3, 0.4) is 0 Å². The van der Waals surface area contributed by atoms with E-state index >= 15 is 0 Å². The lowest BCUT2D eigenvalue weighted by atomic mass is 10.2. The fourth-order valence-electron chi connectivity index (χ4n) is 4.07. The smallest absolute Gasteiger partial charge is 0.407 e. The molecule has 1 aromatic rings. The van der Waals surface area contributed by atoms with Gasteiger partial charge in [-0.3, -0.25) is 9.48 Å². The van der Waals surface area contributed by atoms with Gasteiger partial charge < -0.3 is 25.2 Å². The van der Waals surface area contributed by atoms with Crippen molar-refractivity contribution in [1.29, 1.82) is 0 Å². The fourth-order valence-corrected chi connectivity index (χ4v) is 9.26. The molecular formula is C22H42N4O5Si. The molecule has 0 atom stereocenters. The maximum Gasteiger partial charge on any atom is 0.407 e. The molecule has 1 rings (SSSR count). The number of aliphatic carboxylic acids is 1. The van der Waals surface area contributed by atoms with Gasteiger partial charge in [-0.25, -0.2) is 4.79 Å². The van der Waals surface area contributed by atoms with Gasteiger partial charge in [0, 0.05) is 11.9 Å².